The van der Waals surface area contributed by atoms with Gasteiger partial charge >= 0.3 is 12.1 Å². The number of phenols is 1. The standard InChI is InChI=1S/C12H8F3NO2/c13-12(14,15)11(18)16-8-4-5-9-7(6-8)2-1-3-10(9)17/h1-6,17H,(H,16,18). The molecule has 0 aliphatic heterocycles. The molecular weight excluding hydrogens is 247 g/mol. The number of anilines is 1. The quantitative estimate of drug-likeness (QED) is 0.822. The van der Waals surface area contributed by atoms with E-state index in [-0.39, 0.29) is 11.4 Å². The lowest BCUT2D eigenvalue weighted by atomic mass is 10.1. The third-order valence-electron chi connectivity index (χ3n) is 2.37. The summed E-state index contributed by atoms with van der Waals surface area (Å²) >= 11 is 0. The number of nitrogens with one attached hydrogen (secondary N) is 1. The molecule has 0 saturated carbocycles. The summed E-state index contributed by atoms with van der Waals surface area (Å²) in [7, 11) is 0. The Labute approximate surface area is 99.8 Å². The number of hydrogen-bond acceptors (Lipinski definition) is 2. The molecule has 0 spiro atoms. The van der Waals surface area contributed by atoms with Crippen LogP contribution in [0.15, 0.2) is 36.4 Å². The van der Waals surface area contributed by atoms with Crippen LogP contribution in [-0.4, -0.2) is 17.2 Å². The average molecular weight is 255 g/mol. The molecule has 1 amide bonds. The fourth-order valence-corrected chi connectivity index (χ4v) is 1.55. The topological polar surface area (TPSA) is 49.3 Å². The minimum atomic E-state index is -4.92. The second-order valence-electron chi connectivity index (χ2n) is 3.66. The Hall–Kier alpha value is -2.24. The third kappa shape index (κ3) is 2.37. The summed E-state index contributed by atoms with van der Waals surface area (Å²) < 4.78 is 36.2. The van der Waals surface area contributed by atoms with Crippen LogP contribution in [0.1, 0.15) is 0 Å². The number of carbonyl (C=O) groups excluding carboxylic acids is 1. The van der Waals surface area contributed by atoms with E-state index in [2.05, 4.69) is 0 Å². The lowest BCUT2D eigenvalue weighted by Gasteiger charge is -2.09. The first-order chi connectivity index (χ1) is 8.38. The number of halogens is 3. The Kier molecular flexibility index (Phi) is 2.86. The molecule has 0 bridgehead atoms. The van der Waals surface area contributed by atoms with Crippen molar-refractivity contribution in [1.82, 2.24) is 0 Å². The number of benzene rings is 2. The van der Waals surface area contributed by atoms with Crippen molar-refractivity contribution in [2.45, 2.75) is 6.18 Å². The van der Waals surface area contributed by atoms with Crippen LogP contribution >= 0.6 is 0 Å². The summed E-state index contributed by atoms with van der Waals surface area (Å²) in [6.07, 6.45) is -4.92. The first-order valence-corrected chi connectivity index (χ1v) is 4.98. The minimum absolute atomic E-state index is 0.0235. The summed E-state index contributed by atoms with van der Waals surface area (Å²) in [6, 6.07) is 8.75. The highest BCUT2D eigenvalue weighted by Gasteiger charge is 2.38. The van der Waals surface area contributed by atoms with Crippen molar-refractivity contribution in [3.05, 3.63) is 36.4 Å². The average Bonchev–Trinajstić information content (AvgIpc) is 2.28. The van der Waals surface area contributed by atoms with E-state index in [4.69, 9.17) is 0 Å². The Bertz CT molecular complexity index is 608. The number of alkyl halides is 3. The van der Waals surface area contributed by atoms with E-state index < -0.39 is 12.1 Å². The van der Waals surface area contributed by atoms with Crippen molar-refractivity contribution in [3.8, 4) is 5.75 Å². The van der Waals surface area contributed by atoms with Crippen LogP contribution in [0.5, 0.6) is 5.75 Å². The highest BCUT2D eigenvalue weighted by atomic mass is 19.4. The molecule has 0 aliphatic carbocycles. The van der Waals surface area contributed by atoms with Crippen molar-refractivity contribution in [1.29, 1.82) is 0 Å². The maximum Gasteiger partial charge on any atom is 0.471 e. The van der Waals surface area contributed by atoms with Crippen LogP contribution in [0.4, 0.5) is 18.9 Å². The van der Waals surface area contributed by atoms with E-state index in [0.717, 1.165) is 0 Å². The molecular formula is C12H8F3NO2. The van der Waals surface area contributed by atoms with Gasteiger partial charge in [0.2, 0.25) is 0 Å². The molecule has 94 valence electrons. The van der Waals surface area contributed by atoms with Gasteiger partial charge in [-0.1, -0.05) is 12.1 Å². The summed E-state index contributed by atoms with van der Waals surface area (Å²) in [4.78, 5) is 10.8. The largest absolute Gasteiger partial charge is 0.507 e. The van der Waals surface area contributed by atoms with Crippen LogP contribution in [0.2, 0.25) is 0 Å². The van der Waals surface area contributed by atoms with Gasteiger partial charge in [0.15, 0.2) is 0 Å². The normalized spacial score (nSPS) is 11.5. The first-order valence-electron chi connectivity index (χ1n) is 4.98. The zero-order valence-electron chi connectivity index (χ0n) is 8.95. The molecule has 0 atom stereocenters. The molecule has 2 N–H and O–H groups in total. The van der Waals surface area contributed by atoms with Gasteiger partial charge in [0.05, 0.1) is 0 Å². The molecule has 2 aromatic carbocycles. The van der Waals surface area contributed by atoms with Crippen LogP contribution in [0, 0.1) is 0 Å². The van der Waals surface area contributed by atoms with Crippen LogP contribution in [0.3, 0.4) is 0 Å². The highest BCUT2D eigenvalue weighted by molar-refractivity contribution is 5.98. The van der Waals surface area contributed by atoms with E-state index in [1.807, 2.05) is 0 Å². The van der Waals surface area contributed by atoms with Crippen molar-refractivity contribution in [2.24, 2.45) is 0 Å². The zero-order chi connectivity index (χ0) is 13.3. The van der Waals surface area contributed by atoms with Crippen LogP contribution < -0.4 is 5.32 Å². The van der Waals surface area contributed by atoms with E-state index in [1.165, 1.54) is 24.3 Å². The molecule has 2 aromatic rings. The molecule has 3 nitrogen and oxygen atoms in total. The fourth-order valence-electron chi connectivity index (χ4n) is 1.55. The highest BCUT2D eigenvalue weighted by Crippen LogP contribution is 2.27. The molecule has 0 unspecified atom stereocenters. The molecule has 0 heterocycles. The molecule has 0 fully saturated rings. The van der Waals surface area contributed by atoms with E-state index >= 15 is 0 Å². The van der Waals surface area contributed by atoms with E-state index in [1.54, 1.807) is 17.4 Å². The molecule has 6 heteroatoms. The summed E-state index contributed by atoms with van der Waals surface area (Å²) in [5.74, 6) is -2.00. The van der Waals surface area contributed by atoms with Gasteiger partial charge in [0.25, 0.3) is 0 Å². The number of aromatic hydroxyl groups is 1. The Morgan fingerprint density at radius 1 is 1.17 bits per heavy atom. The molecule has 2 rings (SSSR count). The van der Waals surface area contributed by atoms with Gasteiger partial charge in [-0.3, -0.25) is 4.79 Å². The smallest absolute Gasteiger partial charge is 0.471 e. The van der Waals surface area contributed by atoms with Crippen molar-refractivity contribution < 1.29 is 23.1 Å². The van der Waals surface area contributed by atoms with Crippen molar-refractivity contribution >= 4 is 22.4 Å². The molecule has 0 aliphatic rings. The van der Waals surface area contributed by atoms with Gasteiger partial charge in [-0.15, -0.1) is 0 Å². The van der Waals surface area contributed by atoms with Crippen LogP contribution in [0.25, 0.3) is 10.8 Å². The second-order valence-corrected chi connectivity index (χ2v) is 3.66. The van der Waals surface area contributed by atoms with Gasteiger partial charge in [0.1, 0.15) is 5.75 Å². The number of carbonyl (C=O) groups is 1. The molecule has 18 heavy (non-hydrogen) atoms. The van der Waals surface area contributed by atoms with E-state index in [9.17, 15) is 23.1 Å². The fraction of sp³-hybridized carbons (Fsp3) is 0.0833. The Morgan fingerprint density at radius 2 is 1.89 bits per heavy atom. The molecule has 0 saturated heterocycles. The Morgan fingerprint density at radius 3 is 2.56 bits per heavy atom. The number of rotatable bonds is 1. The minimum Gasteiger partial charge on any atom is -0.507 e. The number of phenolic OH excluding ortho intramolecular Hbond substituents is 1. The molecule has 0 aromatic heterocycles. The summed E-state index contributed by atoms with van der Waals surface area (Å²) in [5, 5.41) is 12.3. The SMILES string of the molecule is O=C(Nc1ccc2c(O)cccc2c1)C(F)(F)F. The molecule has 0 radical (unpaired) electrons. The zero-order valence-corrected chi connectivity index (χ0v) is 8.95. The second kappa shape index (κ2) is 4.21. The van der Waals surface area contributed by atoms with Gasteiger partial charge in [-0.2, -0.15) is 13.2 Å². The van der Waals surface area contributed by atoms with Gasteiger partial charge < -0.3 is 10.4 Å². The lowest BCUT2D eigenvalue weighted by Crippen LogP contribution is -2.29. The maximum atomic E-state index is 12.1. The summed E-state index contributed by atoms with van der Waals surface area (Å²) in [5.41, 5.74) is 0.0235. The lowest BCUT2D eigenvalue weighted by molar-refractivity contribution is -0.167. The number of amides is 1. The van der Waals surface area contributed by atoms with Gasteiger partial charge in [-0.05, 0) is 29.7 Å². The third-order valence-corrected chi connectivity index (χ3v) is 2.37. The monoisotopic (exact) mass is 255 g/mol. The summed E-state index contributed by atoms with van der Waals surface area (Å²) in [6.45, 7) is 0. The van der Waals surface area contributed by atoms with E-state index in [0.29, 0.717) is 10.8 Å². The predicted molar refractivity (Wildman–Crippen MR) is 60.3 cm³/mol. The van der Waals surface area contributed by atoms with Crippen LogP contribution in [-0.2, 0) is 4.79 Å². The maximum absolute atomic E-state index is 12.1. The van der Waals surface area contributed by atoms with Gasteiger partial charge in [-0.25, -0.2) is 0 Å². The number of hydrogen-bond donors (Lipinski definition) is 2. The van der Waals surface area contributed by atoms with Crippen molar-refractivity contribution in [2.75, 3.05) is 5.32 Å². The number of fused-ring (bicyclic) bond motifs is 1. The Balaban J connectivity index is 2.34. The predicted octanol–water partition coefficient (Wildman–Crippen LogP) is 3.05. The first kappa shape index (κ1) is 12.2. The van der Waals surface area contributed by atoms with Crippen molar-refractivity contribution in [3.63, 3.8) is 0 Å². The van der Waals surface area contributed by atoms with Gasteiger partial charge in [0, 0.05) is 11.1 Å².